The fourth-order valence-corrected chi connectivity index (χ4v) is 13.5. The lowest BCUT2D eigenvalue weighted by Gasteiger charge is -2.44. The van der Waals surface area contributed by atoms with E-state index in [1.54, 1.807) is 0 Å². The first-order chi connectivity index (χ1) is 35.2. The van der Waals surface area contributed by atoms with Gasteiger partial charge in [0.25, 0.3) is 6.71 Å². The lowest BCUT2D eigenvalue weighted by molar-refractivity contribution is 0.590. The maximum atomic E-state index is 2.66. The Morgan fingerprint density at radius 3 is 1.53 bits per heavy atom. The topological polar surface area (TPSA) is 6.48 Å². The Morgan fingerprint density at radius 2 is 0.905 bits per heavy atom. The average molecular weight is 977 g/mol. The van der Waals surface area contributed by atoms with Gasteiger partial charge in [0.15, 0.2) is 0 Å². The van der Waals surface area contributed by atoms with E-state index in [4.69, 9.17) is 0 Å². The largest absolute Gasteiger partial charge is 0.311 e. The van der Waals surface area contributed by atoms with Gasteiger partial charge in [-0.2, -0.15) is 0 Å². The molecule has 0 saturated heterocycles. The van der Waals surface area contributed by atoms with E-state index in [0.717, 1.165) is 0 Å². The molecule has 0 N–H and O–H groups in total. The third-order valence-electron chi connectivity index (χ3n) is 16.4. The fourth-order valence-electron chi connectivity index (χ4n) is 12.2. The van der Waals surface area contributed by atoms with Crippen molar-refractivity contribution in [1.29, 1.82) is 0 Å². The molecule has 74 heavy (non-hydrogen) atoms. The van der Waals surface area contributed by atoms with Crippen LogP contribution in [0.25, 0.3) is 64.7 Å². The molecule has 0 radical (unpaired) electrons. The summed E-state index contributed by atoms with van der Waals surface area (Å²) < 4.78 is 2.72. The maximum Gasteiger partial charge on any atom is 0.264 e. The molecule has 2 nitrogen and oxygen atoms in total. The normalized spacial score (nSPS) is 13.9. The third kappa shape index (κ3) is 7.34. The number of rotatable bonds is 4. The Labute approximate surface area is 442 Å². The van der Waals surface area contributed by atoms with Gasteiger partial charge < -0.3 is 9.80 Å². The highest BCUT2D eigenvalue weighted by Crippen LogP contribution is 2.52. The molecule has 13 rings (SSSR count). The Bertz CT molecular complexity index is 3990. The summed E-state index contributed by atoms with van der Waals surface area (Å²) in [5.74, 6) is 0. The SMILES string of the molecule is CC(C)(C)c1ccc(N2c3cc(-c4ccccc4)cc4c3B(c3cc(C(C)(C)C)ccc3N4c3ccc(C(C)(C)C)cc3-c3cc4ccc5cccc6ccc(c3)c4c56)c3sc4ccc(C(C)(C)C)cc4c32)cc1. The van der Waals surface area contributed by atoms with Gasteiger partial charge in [-0.25, -0.2) is 0 Å². The van der Waals surface area contributed by atoms with Crippen LogP contribution in [0.15, 0.2) is 176 Å². The van der Waals surface area contributed by atoms with Crippen LogP contribution in [0.3, 0.4) is 0 Å². The molecular weight excluding hydrogens is 912 g/mol. The van der Waals surface area contributed by atoms with Gasteiger partial charge in [0, 0.05) is 43.2 Å². The van der Waals surface area contributed by atoms with E-state index in [-0.39, 0.29) is 28.4 Å². The average Bonchev–Trinajstić information content (AvgIpc) is 3.75. The van der Waals surface area contributed by atoms with Crippen LogP contribution in [0, 0.1) is 0 Å². The molecule has 2 aliphatic rings. The molecule has 0 unspecified atom stereocenters. The van der Waals surface area contributed by atoms with Crippen LogP contribution >= 0.6 is 11.3 Å². The molecule has 0 atom stereocenters. The van der Waals surface area contributed by atoms with Crippen LogP contribution in [-0.2, 0) is 21.7 Å². The van der Waals surface area contributed by atoms with E-state index >= 15 is 0 Å². The Hall–Kier alpha value is -7.14. The van der Waals surface area contributed by atoms with Crippen molar-refractivity contribution in [2.24, 2.45) is 0 Å². The van der Waals surface area contributed by atoms with Gasteiger partial charge >= 0.3 is 0 Å². The highest BCUT2D eigenvalue weighted by Gasteiger charge is 2.46. The molecule has 10 aromatic carbocycles. The maximum absolute atomic E-state index is 2.66. The quantitative estimate of drug-likeness (QED) is 0.128. The number of fused-ring (bicyclic) bond motifs is 6. The zero-order valence-corrected chi connectivity index (χ0v) is 45.9. The molecule has 1 aromatic heterocycles. The number of benzene rings is 10. The summed E-state index contributed by atoms with van der Waals surface area (Å²) in [4.78, 5) is 5.31. The standard InChI is InChI=1S/C70H65BN2S/c1-67(2,3)49-25-30-53(31-26-49)72-59-37-47(42-17-14-13-15-18-42)38-60-64(59)71(66-65(72)55-40-51(69(7,8)9)29-34-61(55)74-66)56-41-52(70(10,11)12)28-33-58(56)73(60)57-32-27-50(68(4,5)6)39-54(57)48-35-45-23-21-43-19-16-20-44-22-24-46(36-48)63(45)62(43)44/h13-41H,1-12H3. The van der Waals surface area contributed by atoms with Gasteiger partial charge in [-0.1, -0.05) is 192 Å². The Morgan fingerprint density at radius 1 is 0.378 bits per heavy atom. The van der Waals surface area contributed by atoms with Crippen molar-refractivity contribution in [3.8, 4) is 22.3 Å². The summed E-state index contributed by atoms with van der Waals surface area (Å²) in [6, 6.07) is 68.5. The van der Waals surface area contributed by atoms with Crippen molar-refractivity contribution in [3.05, 3.63) is 198 Å². The van der Waals surface area contributed by atoms with Crippen molar-refractivity contribution in [1.82, 2.24) is 0 Å². The molecule has 0 aliphatic carbocycles. The van der Waals surface area contributed by atoms with E-state index in [1.807, 2.05) is 11.3 Å². The minimum absolute atomic E-state index is 0.0102. The smallest absolute Gasteiger partial charge is 0.264 e. The molecule has 364 valence electrons. The first-order valence-electron chi connectivity index (χ1n) is 26.7. The second-order valence-electron chi connectivity index (χ2n) is 25.5. The molecule has 0 saturated carbocycles. The van der Waals surface area contributed by atoms with Crippen molar-refractivity contribution in [2.75, 3.05) is 9.80 Å². The third-order valence-corrected chi connectivity index (χ3v) is 17.6. The van der Waals surface area contributed by atoms with Gasteiger partial charge in [0.05, 0.1) is 11.4 Å². The Kier molecular flexibility index (Phi) is 10.2. The minimum Gasteiger partial charge on any atom is -0.311 e. The number of anilines is 6. The minimum atomic E-state index is -0.0736. The monoisotopic (exact) mass is 976 g/mol. The van der Waals surface area contributed by atoms with Gasteiger partial charge in [0.2, 0.25) is 0 Å². The van der Waals surface area contributed by atoms with Gasteiger partial charge in [-0.3, -0.25) is 0 Å². The lowest BCUT2D eigenvalue weighted by atomic mass is 9.36. The van der Waals surface area contributed by atoms with Crippen LogP contribution in [-0.4, -0.2) is 6.71 Å². The van der Waals surface area contributed by atoms with Crippen LogP contribution < -0.4 is 25.5 Å². The van der Waals surface area contributed by atoms with E-state index in [1.165, 1.54) is 137 Å². The number of hydrogen-bond donors (Lipinski definition) is 0. The van der Waals surface area contributed by atoms with Crippen LogP contribution in [0.5, 0.6) is 0 Å². The zero-order chi connectivity index (χ0) is 51.4. The Balaban J connectivity index is 1.16. The molecule has 0 bridgehead atoms. The molecule has 0 amide bonds. The molecule has 2 aliphatic heterocycles. The predicted octanol–water partition coefficient (Wildman–Crippen LogP) is 18.4. The number of thiophene rings is 1. The number of nitrogens with zero attached hydrogens (tertiary/aromatic N) is 2. The summed E-state index contributed by atoms with van der Waals surface area (Å²) in [6.07, 6.45) is 0. The lowest BCUT2D eigenvalue weighted by Crippen LogP contribution is -2.60. The molecular formula is C70H65BN2S. The van der Waals surface area contributed by atoms with E-state index in [9.17, 15) is 0 Å². The van der Waals surface area contributed by atoms with E-state index in [2.05, 4.69) is 269 Å². The van der Waals surface area contributed by atoms with Crippen molar-refractivity contribution in [3.63, 3.8) is 0 Å². The van der Waals surface area contributed by atoms with Crippen molar-refractivity contribution in [2.45, 2.75) is 105 Å². The van der Waals surface area contributed by atoms with Gasteiger partial charge in [-0.15, -0.1) is 11.3 Å². The molecule has 0 spiro atoms. The summed E-state index contributed by atoms with van der Waals surface area (Å²) in [6.45, 7) is 28.1. The zero-order valence-electron chi connectivity index (χ0n) is 45.1. The van der Waals surface area contributed by atoms with Crippen LogP contribution in [0.4, 0.5) is 34.1 Å². The second kappa shape index (κ2) is 16.2. The van der Waals surface area contributed by atoms with Crippen molar-refractivity contribution < 1.29 is 0 Å². The molecule has 0 fully saturated rings. The van der Waals surface area contributed by atoms with Crippen LogP contribution in [0.2, 0.25) is 0 Å². The second-order valence-corrected chi connectivity index (χ2v) is 26.6. The fraction of sp³-hybridized carbons (Fsp3) is 0.229. The summed E-state index contributed by atoms with van der Waals surface area (Å²) >= 11 is 1.99. The van der Waals surface area contributed by atoms with Gasteiger partial charge in [-0.05, 0) is 171 Å². The van der Waals surface area contributed by atoms with E-state index < -0.39 is 0 Å². The highest BCUT2D eigenvalue weighted by atomic mass is 32.1. The predicted molar refractivity (Wildman–Crippen MR) is 325 cm³/mol. The summed E-state index contributed by atoms with van der Waals surface area (Å²) in [5.41, 5.74) is 20.1. The van der Waals surface area contributed by atoms with Crippen LogP contribution in [0.1, 0.15) is 105 Å². The molecule has 11 aromatic rings. The van der Waals surface area contributed by atoms with Gasteiger partial charge in [0.1, 0.15) is 0 Å². The molecule has 4 heteroatoms. The van der Waals surface area contributed by atoms with E-state index in [0.29, 0.717) is 0 Å². The van der Waals surface area contributed by atoms with Crippen molar-refractivity contribution >= 4 is 110 Å². The summed E-state index contributed by atoms with van der Waals surface area (Å²) in [5, 5.41) is 9.12. The first-order valence-corrected chi connectivity index (χ1v) is 27.5. The first kappa shape index (κ1) is 46.6. The molecule has 3 heterocycles. The highest BCUT2D eigenvalue weighted by molar-refractivity contribution is 7.33. The summed E-state index contributed by atoms with van der Waals surface area (Å²) in [7, 11) is 0. The number of hydrogen-bond acceptors (Lipinski definition) is 3.